The molecule has 0 saturated heterocycles. The lowest BCUT2D eigenvalue weighted by atomic mass is 10.1. The Bertz CT molecular complexity index is 534. The number of nitrogens with zero attached hydrogens (tertiary/aromatic N) is 1. The van der Waals surface area contributed by atoms with E-state index in [1.807, 2.05) is 30.3 Å². The van der Waals surface area contributed by atoms with Gasteiger partial charge in [0.2, 0.25) is 0 Å². The summed E-state index contributed by atoms with van der Waals surface area (Å²) in [5.74, 6) is 0.886. The number of aliphatic hydroxyl groups excluding tert-OH is 1. The first kappa shape index (κ1) is 18.5. The molecule has 0 aliphatic heterocycles. The lowest BCUT2D eigenvalue weighted by molar-refractivity contribution is 0.174. The highest BCUT2D eigenvalue weighted by Crippen LogP contribution is 2.23. The minimum Gasteiger partial charge on any atom is -0.492 e. The molecule has 0 saturated carbocycles. The average molecular weight is 322 g/mol. The van der Waals surface area contributed by atoms with E-state index in [0.717, 1.165) is 24.4 Å². The quantitative estimate of drug-likeness (QED) is 0.808. The largest absolute Gasteiger partial charge is 0.492 e. The SMILES string of the molecule is CCN(CCO)CCOc1cccc(-c2ccccc2)c1.Cl. The highest BCUT2D eigenvalue weighted by atomic mass is 35.5. The molecule has 0 unspecified atom stereocenters. The second-order valence-electron chi connectivity index (χ2n) is 4.90. The first-order valence-corrected chi connectivity index (χ1v) is 7.45. The van der Waals surface area contributed by atoms with Crippen molar-refractivity contribution < 1.29 is 9.84 Å². The van der Waals surface area contributed by atoms with Crippen molar-refractivity contribution in [3.63, 3.8) is 0 Å². The van der Waals surface area contributed by atoms with Crippen LogP contribution < -0.4 is 4.74 Å². The molecule has 0 aromatic heterocycles. The summed E-state index contributed by atoms with van der Waals surface area (Å²) in [4.78, 5) is 2.17. The fourth-order valence-electron chi connectivity index (χ4n) is 2.26. The minimum atomic E-state index is 0. The van der Waals surface area contributed by atoms with E-state index in [-0.39, 0.29) is 19.0 Å². The fraction of sp³-hybridized carbons (Fsp3) is 0.333. The Labute approximate surface area is 138 Å². The Hall–Kier alpha value is -1.55. The molecule has 0 bridgehead atoms. The molecule has 3 nitrogen and oxygen atoms in total. The topological polar surface area (TPSA) is 32.7 Å². The van der Waals surface area contributed by atoms with E-state index in [9.17, 15) is 0 Å². The van der Waals surface area contributed by atoms with Crippen molar-refractivity contribution in [1.82, 2.24) is 4.90 Å². The van der Waals surface area contributed by atoms with Crippen LogP contribution in [0.2, 0.25) is 0 Å². The molecule has 4 heteroatoms. The summed E-state index contributed by atoms with van der Waals surface area (Å²) < 4.78 is 5.82. The van der Waals surface area contributed by atoms with Gasteiger partial charge in [0.25, 0.3) is 0 Å². The third-order valence-corrected chi connectivity index (χ3v) is 3.48. The van der Waals surface area contributed by atoms with Gasteiger partial charge in [-0.3, -0.25) is 4.90 Å². The summed E-state index contributed by atoms with van der Waals surface area (Å²) in [5.41, 5.74) is 2.36. The third kappa shape index (κ3) is 5.68. The Morgan fingerprint density at radius 1 is 0.955 bits per heavy atom. The van der Waals surface area contributed by atoms with Crippen LogP contribution in [0.4, 0.5) is 0 Å². The van der Waals surface area contributed by atoms with Gasteiger partial charge in [-0.1, -0.05) is 49.4 Å². The van der Waals surface area contributed by atoms with Crippen molar-refractivity contribution in [2.75, 3.05) is 32.8 Å². The van der Waals surface area contributed by atoms with Crippen molar-refractivity contribution in [2.24, 2.45) is 0 Å². The maximum absolute atomic E-state index is 8.96. The third-order valence-electron chi connectivity index (χ3n) is 3.48. The van der Waals surface area contributed by atoms with Crippen molar-refractivity contribution in [3.05, 3.63) is 54.6 Å². The second-order valence-corrected chi connectivity index (χ2v) is 4.90. The normalized spacial score (nSPS) is 10.3. The Morgan fingerprint density at radius 2 is 1.68 bits per heavy atom. The maximum atomic E-state index is 8.96. The number of hydrogen-bond donors (Lipinski definition) is 1. The zero-order valence-corrected chi connectivity index (χ0v) is 13.8. The summed E-state index contributed by atoms with van der Waals surface area (Å²) in [6.07, 6.45) is 0. The smallest absolute Gasteiger partial charge is 0.119 e. The number of ether oxygens (including phenoxy) is 1. The van der Waals surface area contributed by atoms with Crippen LogP contribution in [0.3, 0.4) is 0 Å². The number of halogens is 1. The van der Waals surface area contributed by atoms with E-state index in [2.05, 4.69) is 36.1 Å². The molecule has 0 aliphatic carbocycles. The molecular formula is C18H24ClNO2. The molecular weight excluding hydrogens is 298 g/mol. The highest BCUT2D eigenvalue weighted by molar-refractivity contribution is 5.85. The van der Waals surface area contributed by atoms with E-state index in [1.165, 1.54) is 5.56 Å². The van der Waals surface area contributed by atoms with Crippen molar-refractivity contribution >= 4 is 12.4 Å². The first-order chi connectivity index (χ1) is 10.3. The molecule has 0 fully saturated rings. The number of hydrogen-bond acceptors (Lipinski definition) is 3. The minimum absolute atomic E-state index is 0. The lowest BCUT2D eigenvalue weighted by Crippen LogP contribution is -2.30. The molecule has 1 N–H and O–H groups in total. The van der Waals surface area contributed by atoms with Gasteiger partial charge in [0.15, 0.2) is 0 Å². The van der Waals surface area contributed by atoms with Crippen LogP contribution >= 0.6 is 12.4 Å². The van der Waals surface area contributed by atoms with Gasteiger partial charge in [-0.2, -0.15) is 0 Å². The summed E-state index contributed by atoms with van der Waals surface area (Å²) in [5, 5.41) is 8.96. The van der Waals surface area contributed by atoms with Crippen LogP contribution in [-0.2, 0) is 0 Å². The van der Waals surface area contributed by atoms with E-state index >= 15 is 0 Å². The van der Waals surface area contributed by atoms with Crippen LogP contribution in [0.1, 0.15) is 6.92 Å². The van der Waals surface area contributed by atoms with E-state index in [1.54, 1.807) is 0 Å². The maximum Gasteiger partial charge on any atom is 0.119 e. The van der Waals surface area contributed by atoms with Gasteiger partial charge in [-0.15, -0.1) is 12.4 Å². The van der Waals surface area contributed by atoms with Crippen LogP contribution in [0.25, 0.3) is 11.1 Å². The Morgan fingerprint density at radius 3 is 2.36 bits per heavy atom. The summed E-state index contributed by atoms with van der Waals surface area (Å²) >= 11 is 0. The van der Waals surface area contributed by atoms with Crippen molar-refractivity contribution in [1.29, 1.82) is 0 Å². The van der Waals surface area contributed by atoms with E-state index in [4.69, 9.17) is 9.84 Å². The first-order valence-electron chi connectivity index (χ1n) is 7.45. The van der Waals surface area contributed by atoms with Gasteiger partial charge in [0, 0.05) is 13.1 Å². The molecule has 0 aliphatic rings. The highest BCUT2D eigenvalue weighted by Gasteiger charge is 2.03. The van der Waals surface area contributed by atoms with Crippen LogP contribution in [0.5, 0.6) is 5.75 Å². The number of rotatable bonds is 8. The predicted molar refractivity (Wildman–Crippen MR) is 93.8 cm³/mol. The average Bonchev–Trinajstić information content (AvgIpc) is 2.55. The zero-order chi connectivity index (χ0) is 14.9. The van der Waals surface area contributed by atoms with E-state index < -0.39 is 0 Å². The molecule has 0 spiro atoms. The molecule has 2 aromatic carbocycles. The Kier molecular flexibility index (Phi) is 8.60. The molecule has 0 heterocycles. The summed E-state index contributed by atoms with van der Waals surface area (Å²) in [6.45, 7) is 5.36. The van der Waals surface area contributed by atoms with Gasteiger partial charge in [0.1, 0.15) is 12.4 Å². The fourth-order valence-corrected chi connectivity index (χ4v) is 2.26. The monoisotopic (exact) mass is 321 g/mol. The molecule has 22 heavy (non-hydrogen) atoms. The van der Waals surface area contributed by atoms with Gasteiger partial charge < -0.3 is 9.84 Å². The second kappa shape index (κ2) is 10.2. The van der Waals surface area contributed by atoms with Crippen LogP contribution in [-0.4, -0.2) is 42.9 Å². The van der Waals surface area contributed by atoms with Crippen LogP contribution in [0.15, 0.2) is 54.6 Å². The molecule has 0 atom stereocenters. The molecule has 2 aromatic rings. The van der Waals surface area contributed by atoms with Crippen LogP contribution in [0, 0.1) is 0 Å². The number of aliphatic hydroxyl groups is 1. The molecule has 2 rings (SSSR count). The molecule has 120 valence electrons. The zero-order valence-electron chi connectivity index (χ0n) is 12.9. The lowest BCUT2D eigenvalue weighted by Gasteiger charge is -2.19. The van der Waals surface area contributed by atoms with Gasteiger partial charge in [-0.05, 0) is 29.8 Å². The molecule has 0 amide bonds. The van der Waals surface area contributed by atoms with Gasteiger partial charge in [0.05, 0.1) is 6.61 Å². The summed E-state index contributed by atoms with van der Waals surface area (Å²) in [7, 11) is 0. The number of benzene rings is 2. The van der Waals surface area contributed by atoms with E-state index in [0.29, 0.717) is 13.2 Å². The van der Waals surface area contributed by atoms with Crippen molar-refractivity contribution in [2.45, 2.75) is 6.92 Å². The number of likely N-dealkylation sites (N-methyl/N-ethyl adjacent to an activating group) is 1. The molecule has 0 radical (unpaired) electrons. The van der Waals surface area contributed by atoms with Gasteiger partial charge >= 0.3 is 0 Å². The summed E-state index contributed by atoms with van der Waals surface area (Å²) in [6, 6.07) is 18.4. The van der Waals surface area contributed by atoms with Crippen molar-refractivity contribution in [3.8, 4) is 16.9 Å². The Balaban J connectivity index is 0.00000242. The van der Waals surface area contributed by atoms with Gasteiger partial charge in [-0.25, -0.2) is 0 Å². The standard InChI is InChI=1S/C18H23NO2.ClH/c1-2-19(11-13-20)12-14-21-18-10-6-9-17(15-18)16-7-4-3-5-8-16;/h3-10,15,20H,2,11-14H2,1H3;1H. The predicted octanol–water partition coefficient (Wildman–Crippen LogP) is 3.47.